The van der Waals surface area contributed by atoms with Crippen molar-refractivity contribution < 1.29 is 5.11 Å². The summed E-state index contributed by atoms with van der Waals surface area (Å²) in [6.07, 6.45) is 5.27. The summed E-state index contributed by atoms with van der Waals surface area (Å²) in [5.74, 6) is 1.38. The average Bonchev–Trinajstić information content (AvgIpc) is 1.89. The topological polar surface area (TPSA) is 20.2 Å². The predicted molar refractivity (Wildman–Crippen MR) is 38.2 cm³/mol. The molecule has 1 unspecified atom stereocenters. The maximum atomic E-state index is 8.86. The van der Waals surface area contributed by atoms with Crippen molar-refractivity contribution in [3.8, 4) is 0 Å². The van der Waals surface area contributed by atoms with E-state index in [1.165, 1.54) is 25.7 Å². The summed E-state index contributed by atoms with van der Waals surface area (Å²) in [6.45, 7) is 2.65. The lowest BCUT2D eigenvalue weighted by molar-refractivity contribution is 0.144. The molecule has 0 aliphatic heterocycles. The van der Waals surface area contributed by atoms with Gasteiger partial charge < -0.3 is 5.11 Å². The van der Waals surface area contributed by atoms with Gasteiger partial charge in [0.15, 0.2) is 0 Å². The minimum atomic E-state index is 0.404. The van der Waals surface area contributed by atoms with Gasteiger partial charge >= 0.3 is 0 Å². The highest BCUT2D eigenvalue weighted by Crippen LogP contribution is 2.28. The Balaban J connectivity index is 2.30. The Kier molecular flexibility index (Phi) is 2.52. The molecule has 0 aromatic rings. The Labute approximate surface area is 57.1 Å². The van der Waals surface area contributed by atoms with Gasteiger partial charge in [-0.1, -0.05) is 26.2 Å². The first-order valence-corrected chi connectivity index (χ1v) is 3.95. The molecule has 1 aliphatic carbocycles. The van der Waals surface area contributed by atoms with E-state index in [2.05, 4.69) is 6.92 Å². The van der Waals surface area contributed by atoms with Crippen molar-refractivity contribution in [3.63, 3.8) is 0 Å². The van der Waals surface area contributed by atoms with E-state index < -0.39 is 0 Å². The van der Waals surface area contributed by atoms with E-state index in [0.717, 1.165) is 5.92 Å². The molecule has 0 spiro atoms. The minimum Gasteiger partial charge on any atom is -0.396 e. The summed E-state index contributed by atoms with van der Waals surface area (Å²) in [4.78, 5) is 0. The maximum Gasteiger partial charge on any atom is 0.0461 e. The summed E-state index contributed by atoms with van der Waals surface area (Å²) >= 11 is 0. The van der Waals surface area contributed by atoms with E-state index in [0.29, 0.717) is 12.5 Å². The van der Waals surface area contributed by atoms with Gasteiger partial charge in [-0.15, -0.1) is 0 Å². The number of aliphatic hydroxyl groups excluding tert-OH is 1. The van der Waals surface area contributed by atoms with Crippen molar-refractivity contribution in [3.05, 3.63) is 0 Å². The van der Waals surface area contributed by atoms with Crippen LogP contribution in [-0.4, -0.2) is 11.7 Å². The van der Waals surface area contributed by atoms with E-state index in [9.17, 15) is 0 Å². The quantitative estimate of drug-likeness (QED) is 0.571. The zero-order valence-corrected chi connectivity index (χ0v) is 6.14. The molecule has 0 bridgehead atoms. The summed E-state index contributed by atoms with van der Waals surface area (Å²) in [6, 6.07) is 0. The molecule has 54 valence electrons. The fourth-order valence-corrected chi connectivity index (χ4v) is 1.66. The fourth-order valence-electron chi connectivity index (χ4n) is 1.66. The van der Waals surface area contributed by atoms with Gasteiger partial charge in [-0.05, 0) is 18.3 Å². The molecule has 0 saturated heterocycles. The molecular weight excluding hydrogens is 112 g/mol. The van der Waals surface area contributed by atoms with Gasteiger partial charge in [0, 0.05) is 6.61 Å². The molecule has 1 heteroatoms. The van der Waals surface area contributed by atoms with Crippen molar-refractivity contribution >= 4 is 0 Å². The van der Waals surface area contributed by atoms with Crippen LogP contribution >= 0.6 is 0 Å². The molecule has 1 rings (SSSR count). The Morgan fingerprint density at radius 1 is 1.33 bits per heavy atom. The molecule has 1 aliphatic rings. The fraction of sp³-hybridized carbons (Fsp3) is 1.00. The highest BCUT2D eigenvalue weighted by molar-refractivity contribution is 4.70. The molecule has 0 aromatic heterocycles. The lowest BCUT2D eigenvalue weighted by Crippen LogP contribution is -2.19. The van der Waals surface area contributed by atoms with Crippen molar-refractivity contribution in [2.45, 2.75) is 32.6 Å². The highest BCUT2D eigenvalue weighted by Gasteiger charge is 2.19. The van der Waals surface area contributed by atoms with E-state index in [-0.39, 0.29) is 0 Å². The SMILES string of the molecule is C[C@@H]1CCCCC1CO. The van der Waals surface area contributed by atoms with Gasteiger partial charge in [0.25, 0.3) is 0 Å². The smallest absolute Gasteiger partial charge is 0.0461 e. The van der Waals surface area contributed by atoms with E-state index in [1.54, 1.807) is 0 Å². The first kappa shape index (κ1) is 7.07. The molecule has 1 fully saturated rings. The molecule has 0 aromatic carbocycles. The highest BCUT2D eigenvalue weighted by atomic mass is 16.3. The number of hydrogen-bond acceptors (Lipinski definition) is 1. The van der Waals surface area contributed by atoms with Crippen molar-refractivity contribution in [1.82, 2.24) is 0 Å². The first-order chi connectivity index (χ1) is 4.34. The molecule has 0 amide bonds. The van der Waals surface area contributed by atoms with Gasteiger partial charge in [0.05, 0.1) is 0 Å². The standard InChI is InChI=1S/C8H16O/c1-7-4-2-3-5-8(7)6-9/h7-9H,2-6H2,1H3/t7-,8?/m1/s1. The third kappa shape index (κ3) is 1.68. The number of aliphatic hydroxyl groups is 1. The maximum absolute atomic E-state index is 8.86. The van der Waals surface area contributed by atoms with E-state index in [4.69, 9.17) is 5.11 Å². The lowest BCUT2D eigenvalue weighted by Gasteiger charge is -2.26. The van der Waals surface area contributed by atoms with E-state index in [1.807, 2.05) is 0 Å². The van der Waals surface area contributed by atoms with Crippen LogP contribution in [0.2, 0.25) is 0 Å². The number of hydrogen-bond donors (Lipinski definition) is 1. The second-order valence-electron chi connectivity index (χ2n) is 3.20. The predicted octanol–water partition coefficient (Wildman–Crippen LogP) is 1.81. The van der Waals surface area contributed by atoms with Gasteiger partial charge in [0.1, 0.15) is 0 Å². The zero-order chi connectivity index (χ0) is 6.69. The summed E-state index contributed by atoms with van der Waals surface area (Å²) in [5.41, 5.74) is 0. The van der Waals surface area contributed by atoms with Gasteiger partial charge in [-0.25, -0.2) is 0 Å². The lowest BCUT2D eigenvalue weighted by atomic mass is 9.81. The zero-order valence-electron chi connectivity index (χ0n) is 6.14. The molecule has 1 N–H and O–H groups in total. The largest absolute Gasteiger partial charge is 0.396 e. The van der Waals surface area contributed by atoms with Crippen LogP contribution in [0, 0.1) is 11.8 Å². The summed E-state index contributed by atoms with van der Waals surface area (Å²) in [7, 11) is 0. The van der Waals surface area contributed by atoms with Crippen LogP contribution in [-0.2, 0) is 0 Å². The van der Waals surface area contributed by atoms with Crippen LogP contribution < -0.4 is 0 Å². The molecule has 1 nitrogen and oxygen atoms in total. The van der Waals surface area contributed by atoms with Gasteiger partial charge in [0.2, 0.25) is 0 Å². The normalized spacial score (nSPS) is 36.7. The van der Waals surface area contributed by atoms with Crippen LogP contribution in [0.4, 0.5) is 0 Å². The molecule has 1 saturated carbocycles. The Morgan fingerprint density at radius 2 is 2.00 bits per heavy atom. The van der Waals surface area contributed by atoms with Gasteiger partial charge in [-0.2, -0.15) is 0 Å². The van der Waals surface area contributed by atoms with Crippen LogP contribution in [0.5, 0.6) is 0 Å². The molecule has 0 radical (unpaired) electrons. The Hall–Kier alpha value is -0.0400. The summed E-state index contributed by atoms with van der Waals surface area (Å²) < 4.78 is 0. The Morgan fingerprint density at radius 3 is 2.44 bits per heavy atom. The van der Waals surface area contributed by atoms with Crippen LogP contribution in [0.15, 0.2) is 0 Å². The monoisotopic (exact) mass is 128 g/mol. The first-order valence-electron chi connectivity index (χ1n) is 3.95. The molecule has 9 heavy (non-hydrogen) atoms. The second-order valence-corrected chi connectivity index (χ2v) is 3.20. The average molecular weight is 128 g/mol. The molecule has 2 atom stereocenters. The van der Waals surface area contributed by atoms with E-state index >= 15 is 0 Å². The van der Waals surface area contributed by atoms with Crippen LogP contribution in [0.25, 0.3) is 0 Å². The summed E-state index contributed by atoms with van der Waals surface area (Å²) in [5, 5.41) is 8.86. The third-order valence-electron chi connectivity index (χ3n) is 2.52. The molecule has 0 heterocycles. The van der Waals surface area contributed by atoms with Gasteiger partial charge in [-0.3, -0.25) is 0 Å². The minimum absolute atomic E-state index is 0.404. The van der Waals surface area contributed by atoms with Crippen molar-refractivity contribution in [2.75, 3.05) is 6.61 Å². The van der Waals surface area contributed by atoms with Crippen molar-refractivity contribution in [1.29, 1.82) is 0 Å². The van der Waals surface area contributed by atoms with Crippen LogP contribution in [0.3, 0.4) is 0 Å². The third-order valence-corrected chi connectivity index (χ3v) is 2.52. The number of rotatable bonds is 1. The van der Waals surface area contributed by atoms with Crippen LogP contribution in [0.1, 0.15) is 32.6 Å². The van der Waals surface area contributed by atoms with Crippen molar-refractivity contribution in [2.24, 2.45) is 11.8 Å². The molecular formula is C8H16O. The Bertz CT molecular complexity index is 80.6. The second kappa shape index (κ2) is 3.21.